The first-order valence-electron chi connectivity index (χ1n) is 9.59. The van der Waals surface area contributed by atoms with Gasteiger partial charge in [-0.25, -0.2) is 8.78 Å². The lowest BCUT2D eigenvalue weighted by Crippen LogP contribution is -2.43. The monoisotopic (exact) mass is 379 g/mol. The number of hydrogen-bond acceptors (Lipinski definition) is 3. The van der Waals surface area contributed by atoms with E-state index in [9.17, 15) is 14.0 Å². The van der Waals surface area contributed by atoms with Crippen LogP contribution >= 0.6 is 0 Å². The third kappa shape index (κ3) is 4.21. The summed E-state index contributed by atoms with van der Waals surface area (Å²) in [6.07, 6.45) is 1.89. The molecule has 0 saturated carbocycles. The van der Waals surface area contributed by atoms with Crippen LogP contribution in [0.25, 0.3) is 0 Å². The Hall–Kier alpha value is -2.76. The smallest absolute Gasteiger partial charge is 0.130 e. The van der Waals surface area contributed by atoms with E-state index < -0.39 is 17.0 Å². The van der Waals surface area contributed by atoms with E-state index in [1.165, 1.54) is 17.7 Å². The Morgan fingerprint density at radius 3 is 2.36 bits per heavy atom. The van der Waals surface area contributed by atoms with Crippen LogP contribution in [0.3, 0.4) is 0 Å². The highest BCUT2D eigenvalue weighted by Gasteiger charge is 2.43. The molecule has 2 aromatic carbocycles. The molecule has 0 radical (unpaired) electrons. The molecule has 1 unspecified atom stereocenters. The summed E-state index contributed by atoms with van der Waals surface area (Å²) < 4.78 is 28.0. The van der Waals surface area contributed by atoms with E-state index in [4.69, 9.17) is 5.26 Å². The maximum atomic E-state index is 14.6. The molecular formula is C23H23F2N3. The van der Waals surface area contributed by atoms with Gasteiger partial charge in [-0.1, -0.05) is 36.4 Å². The molecule has 1 aliphatic rings. The second kappa shape index (κ2) is 8.95. The number of nitrogens with zero attached hydrogens (tertiary/aromatic N) is 3. The van der Waals surface area contributed by atoms with Crippen molar-refractivity contribution in [1.29, 1.82) is 10.5 Å². The van der Waals surface area contributed by atoms with Crippen LogP contribution in [0.2, 0.25) is 0 Å². The van der Waals surface area contributed by atoms with Gasteiger partial charge in [-0.15, -0.1) is 0 Å². The molecule has 3 rings (SSSR count). The van der Waals surface area contributed by atoms with E-state index in [-0.39, 0.29) is 24.3 Å². The van der Waals surface area contributed by atoms with E-state index in [1.807, 2.05) is 18.2 Å². The minimum absolute atomic E-state index is 0.0714. The molecule has 144 valence electrons. The molecule has 28 heavy (non-hydrogen) atoms. The third-order valence-electron chi connectivity index (χ3n) is 5.78. The molecule has 0 amide bonds. The van der Waals surface area contributed by atoms with Gasteiger partial charge in [0.25, 0.3) is 0 Å². The lowest BCUT2D eigenvalue weighted by Gasteiger charge is -2.41. The number of nitriles is 2. The molecule has 1 heterocycles. The number of rotatable bonds is 6. The summed E-state index contributed by atoms with van der Waals surface area (Å²) in [5, 5.41) is 19.1. The van der Waals surface area contributed by atoms with Crippen LogP contribution in [-0.4, -0.2) is 18.0 Å². The summed E-state index contributed by atoms with van der Waals surface area (Å²) in [6.45, 7) is 2.45. The van der Waals surface area contributed by atoms with Crippen molar-refractivity contribution in [1.82, 2.24) is 4.90 Å². The second-order valence-corrected chi connectivity index (χ2v) is 7.40. The number of halogens is 2. The molecule has 0 N–H and O–H groups in total. The largest absolute Gasteiger partial charge is 0.299 e. The van der Waals surface area contributed by atoms with Crippen molar-refractivity contribution in [2.24, 2.45) is 5.92 Å². The fraction of sp³-hybridized carbons (Fsp3) is 0.391. The minimum atomic E-state index is -1.10. The van der Waals surface area contributed by atoms with Gasteiger partial charge in [-0.2, -0.15) is 10.5 Å². The van der Waals surface area contributed by atoms with E-state index in [0.29, 0.717) is 0 Å². The first-order valence-corrected chi connectivity index (χ1v) is 9.59. The molecule has 0 spiro atoms. The predicted molar refractivity (Wildman–Crippen MR) is 103 cm³/mol. The topological polar surface area (TPSA) is 50.8 Å². The number of likely N-dealkylation sites (tertiary alicyclic amines) is 1. The van der Waals surface area contributed by atoms with Crippen molar-refractivity contribution < 1.29 is 8.78 Å². The standard InChI is InChI=1S/C23H23F2N3/c24-20-7-8-21(22(25)15-20)23(17-27,11-4-12-26)19-9-13-28(14-10-19)16-18-5-2-1-3-6-18/h1-3,5-8,15,19H,4,9-11,13-14,16H2. The van der Waals surface area contributed by atoms with Crippen LogP contribution in [0.15, 0.2) is 48.5 Å². The van der Waals surface area contributed by atoms with Crippen molar-refractivity contribution >= 4 is 0 Å². The third-order valence-corrected chi connectivity index (χ3v) is 5.78. The van der Waals surface area contributed by atoms with Crippen LogP contribution < -0.4 is 0 Å². The summed E-state index contributed by atoms with van der Waals surface area (Å²) in [5.41, 5.74) is 0.349. The average molecular weight is 379 g/mol. The molecular weight excluding hydrogens is 356 g/mol. The van der Waals surface area contributed by atoms with Crippen molar-refractivity contribution in [3.63, 3.8) is 0 Å². The number of benzene rings is 2. The molecule has 1 aliphatic heterocycles. The van der Waals surface area contributed by atoms with E-state index in [0.717, 1.165) is 38.5 Å². The van der Waals surface area contributed by atoms with Crippen LogP contribution in [0.5, 0.6) is 0 Å². The normalized spacial score (nSPS) is 17.4. The maximum absolute atomic E-state index is 14.6. The van der Waals surface area contributed by atoms with Gasteiger partial charge in [0.15, 0.2) is 0 Å². The molecule has 0 bridgehead atoms. The van der Waals surface area contributed by atoms with Crippen LogP contribution in [0.1, 0.15) is 36.8 Å². The lowest BCUT2D eigenvalue weighted by atomic mass is 9.65. The fourth-order valence-corrected chi connectivity index (χ4v) is 4.30. The zero-order valence-electron chi connectivity index (χ0n) is 15.7. The highest BCUT2D eigenvalue weighted by molar-refractivity contribution is 5.36. The quantitative estimate of drug-likeness (QED) is 0.714. The van der Waals surface area contributed by atoms with Gasteiger partial charge in [-0.3, -0.25) is 4.90 Å². The molecule has 0 aliphatic carbocycles. The Morgan fingerprint density at radius 2 is 1.75 bits per heavy atom. The summed E-state index contributed by atoms with van der Waals surface area (Å²) in [5.74, 6) is -1.44. The number of piperidine rings is 1. The summed E-state index contributed by atoms with van der Waals surface area (Å²) >= 11 is 0. The van der Waals surface area contributed by atoms with Crippen molar-refractivity contribution in [2.45, 2.75) is 37.6 Å². The van der Waals surface area contributed by atoms with Crippen LogP contribution in [0.4, 0.5) is 8.78 Å². The van der Waals surface area contributed by atoms with Crippen LogP contribution in [0, 0.1) is 40.2 Å². The molecule has 5 heteroatoms. The van der Waals surface area contributed by atoms with Crippen molar-refractivity contribution in [3.8, 4) is 12.1 Å². The van der Waals surface area contributed by atoms with Gasteiger partial charge >= 0.3 is 0 Å². The van der Waals surface area contributed by atoms with Crippen molar-refractivity contribution in [2.75, 3.05) is 13.1 Å². The zero-order valence-corrected chi connectivity index (χ0v) is 15.7. The summed E-state index contributed by atoms with van der Waals surface area (Å²) in [7, 11) is 0. The second-order valence-electron chi connectivity index (χ2n) is 7.40. The average Bonchev–Trinajstić information content (AvgIpc) is 2.71. The Morgan fingerprint density at radius 1 is 1.04 bits per heavy atom. The van der Waals surface area contributed by atoms with Crippen molar-refractivity contribution in [3.05, 3.63) is 71.3 Å². The Bertz CT molecular complexity index is 877. The summed E-state index contributed by atoms with van der Waals surface area (Å²) in [4.78, 5) is 2.33. The minimum Gasteiger partial charge on any atom is -0.299 e. The highest BCUT2D eigenvalue weighted by Crippen LogP contribution is 2.43. The molecule has 1 saturated heterocycles. The predicted octanol–water partition coefficient (Wildman–Crippen LogP) is 4.94. The van der Waals surface area contributed by atoms with E-state index in [1.54, 1.807) is 0 Å². The molecule has 2 aromatic rings. The Labute approximate surface area is 164 Å². The fourth-order valence-electron chi connectivity index (χ4n) is 4.30. The maximum Gasteiger partial charge on any atom is 0.130 e. The lowest BCUT2D eigenvalue weighted by molar-refractivity contribution is 0.137. The van der Waals surface area contributed by atoms with Gasteiger partial charge in [-0.05, 0) is 49.9 Å². The van der Waals surface area contributed by atoms with Gasteiger partial charge in [0.2, 0.25) is 0 Å². The van der Waals surface area contributed by atoms with E-state index >= 15 is 0 Å². The first kappa shape index (κ1) is 20.0. The number of hydrogen-bond donors (Lipinski definition) is 0. The molecule has 1 atom stereocenters. The first-order chi connectivity index (χ1) is 13.6. The van der Waals surface area contributed by atoms with Gasteiger partial charge in [0.1, 0.15) is 11.6 Å². The zero-order chi connectivity index (χ0) is 20.0. The molecule has 0 aromatic heterocycles. The van der Waals surface area contributed by atoms with Gasteiger partial charge in [0.05, 0.1) is 17.6 Å². The molecule has 1 fully saturated rings. The Kier molecular flexibility index (Phi) is 6.39. The van der Waals surface area contributed by atoms with Gasteiger partial charge in [0, 0.05) is 24.6 Å². The SMILES string of the molecule is N#CCCC(C#N)(c1ccc(F)cc1F)C1CCN(Cc2ccccc2)CC1. The van der Waals surface area contributed by atoms with E-state index in [2.05, 4.69) is 29.2 Å². The van der Waals surface area contributed by atoms with Gasteiger partial charge < -0.3 is 0 Å². The summed E-state index contributed by atoms with van der Waals surface area (Å²) in [6, 6.07) is 18.0. The highest BCUT2D eigenvalue weighted by atomic mass is 19.1. The molecule has 3 nitrogen and oxygen atoms in total. The Balaban J connectivity index is 1.80. The van der Waals surface area contributed by atoms with Crippen LogP contribution in [-0.2, 0) is 12.0 Å².